The number of piperidine rings is 1. The fraction of sp³-hybridized carbons (Fsp3) is 0.429. The minimum Gasteiger partial charge on any atom is -0.480 e. The molecule has 1 saturated heterocycles. The Morgan fingerprint density at radius 1 is 1.26 bits per heavy atom. The van der Waals surface area contributed by atoms with E-state index >= 15 is 0 Å². The maximum Gasteiger partial charge on any atom is 0.326 e. The first-order valence-corrected chi connectivity index (χ1v) is 6.45. The van der Waals surface area contributed by atoms with E-state index in [0.717, 1.165) is 12.8 Å². The average molecular weight is 262 g/mol. The first kappa shape index (κ1) is 13.5. The molecule has 0 aromatic heterocycles. The van der Waals surface area contributed by atoms with Gasteiger partial charge >= 0.3 is 5.97 Å². The Labute approximate surface area is 112 Å². The number of rotatable bonds is 3. The van der Waals surface area contributed by atoms with Gasteiger partial charge in [-0.1, -0.05) is 30.3 Å². The zero-order valence-electron chi connectivity index (χ0n) is 10.7. The lowest BCUT2D eigenvalue weighted by Gasteiger charge is -2.34. The fourth-order valence-corrected chi connectivity index (χ4v) is 2.43. The molecule has 1 fully saturated rings. The molecular formula is C14H18N2O3. The van der Waals surface area contributed by atoms with Crippen molar-refractivity contribution >= 4 is 11.9 Å². The van der Waals surface area contributed by atoms with Crippen molar-refractivity contribution in [3.8, 4) is 0 Å². The van der Waals surface area contributed by atoms with Gasteiger partial charge in [0.05, 0.1) is 0 Å². The molecule has 2 rings (SSSR count). The Hall–Kier alpha value is -1.88. The van der Waals surface area contributed by atoms with Gasteiger partial charge in [-0.05, 0) is 24.8 Å². The summed E-state index contributed by atoms with van der Waals surface area (Å²) in [6.45, 7) is 0.469. The van der Waals surface area contributed by atoms with Crippen LogP contribution in [0.2, 0.25) is 0 Å². The van der Waals surface area contributed by atoms with Crippen LogP contribution in [0.1, 0.15) is 30.9 Å². The van der Waals surface area contributed by atoms with Crippen molar-refractivity contribution in [1.82, 2.24) is 4.90 Å². The molecule has 3 N–H and O–H groups in total. The smallest absolute Gasteiger partial charge is 0.326 e. The number of carboxylic acid groups (broad SMARTS) is 1. The van der Waals surface area contributed by atoms with Crippen molar-refractivity contribution in [3.05, 3.63) is 35.9 Å². The minimum atomic E-state index is -0.951. The van der Waals surface area contributed by atoms with E-state index in [1.807, 2.05) is 18.2 Å². The van der Waals surface area contributed by atoms with Crippen LogP contribution in [0.3, 0.4) is 0 Å². The largest absolute Gasteiger partial charge is 0.480 e. The lowest BCUT2D eigenvalue weighted by molar-refractivity contribution is -0.152. The van der Waals surface area contributed by atoms with Gasteiger partial charge in [0.1, 0.15) is 12.1 Å². The maximum absolute atomic E-state index is 12.4. The number of aliphatic carboxylic acids is 1. The monoisotopic (exact) mass is 262 g/mol. The summed E-state index contributed by atoms with van der Waals surface area (Å²) < 4.78 is 0. The lowest BCUT2D eigenvalue weighted by atomic mass is 9.99. The molecule has 0 radical (unpaired) electrons. The predicted molar refractivity (Wildman–Crippen MR) is 70.4 cm³/mol. The van der Waals surface area contributed by atoms with Crippen LogP contribution in [0.5, 0.6) is 0 Å². The number of carboxylic acids is 1. The van der Waals surface area contributed by atoms with Crippen molar-refractivity contribution < 1.29 is 14.7 Å². The number of carbonyl (C=O) groups is 2. The van der Waals surface area contributed by atoms with Gasteiger partial charge in [-0.2, -0.15) is 0 Å². The van der Waals surface area contributed by atoms with Crippen molar-refractivity contribution in [2.75, 3.05) is 6.54 Å². The highest BCUT2D eigenvalue weighted by Gasteiger charge is 2.34. The third kappa shape index (κ3) is 2.93. The first-order chi connectivity index (χ1) is 9.11. The summed E-state index contributed by atoms with van der Waals surface area (Å²) in [5, 5.41) is 9.18. The number of likely N-dealkylation sites (tertiary alicyclic amines) is 1. The van der Waals surface area contributed by atoms with Gasteiger partial charge in [0.25, 0.3) is 0 Å². The Kier molecular flexibility index (Phi) is 4.16. The van der Waals surface area contributed by atoms with E-state index in [0.29, 0.717) is 18.5 Å². The van der Waals surface area contributed by atoms with Crippen molar-refractivity contribution in [3.63, 3.8) is 0 Å². The van der Waals surface area contributed by atoms with Crippen LogP contribution in [0.4, 0.5) is 0 Å². The molecule has 1 amide bonds. The van der Waals surface area contributed by atoms with Crippen LogP contribution in [0.15, 0.2) is 30.3 Å². The van der Waals surface area contributed by atoms with Crippen LogP contribution in [-0.4, -0.2) is 34.5 Å². The highest BCUT2D eigenvalue weighted by molar-refractivity contribution is 5.87. The molecule has 1 heterocycles. The van der Waals surface area contributed by atoms with E-state index in [4.69, 9.17) is 5.73 Å². The van der Waals surface area contributed by atoms with E-state index < -0.39 is 18.1 Å². The van der Waals surface area contributed by atoms with Crippen LogP contribution in [0.25, 0.3) is 0 Å². The molecule has 0 spiro atoms. The van der Waals surface area contributed by atoms with E-state index in [1.165, 1.54) is 4.90 Å². The SMILES string of the molecule is N[C@H](C(=O)N1CCCCC1C(=O)O)c1ccccc1. The number of carbonyl (C=O) groups excluding carboxylic acids is 1. The number of hydrogen-bond donors (Lipinski definition) is 2. The van der Waals surface area contributed by atoms with E-state index in [1.54, 1.807) is 12.1 Å². The van der Waals surface area contributed by atoms with Gasteiger partial charge in [-0.3, -0.25) is 4.79 Å². The van der Waals surface area contributed by atoms with Crippen LogP contribution in [0, 0.1) is 0 Å². The van der Waals surface area contributed by atoms with Gasteiger partial charge in [-0.15, -0.1) is 0 Å². The van der Waals surface area contributed by atoms with Gasteiger partial charge in [-0.25, -0.2) is 4.79 Å². The van der Waals surface area contributed by atoms with E-state index in [9.17, 15) is 14.7 Å². The number of amides is 1. The Morgan fingerprint density at radius 2 is 1.95 bits per heavy atom. The molecule has 1 unspecified atom stereocenters. The van der Waals surface area contributed by atoms with Gasteiger partial charge in [0.15, 0.2) is 0 Å². The van der Waals surface area contributed by atoms with Gasteiger partial charge < -0.3 is 15.7 Å². The summed E-state index contributed by atoms with van der Waals surface area (Å²) in [4.78, 5) is 25.0. The molecular weight excluding hydrogens is 244 g/mol. The Morgan fingerprint density at radius 3 is 2.58 bits per heavy atom. The molecule has 1 aliphatic rings. The predicted octanol–water partition coefficient (Wildman–Crippen LogP) is 1.15. The standard InChI is InChI=1S/C14H18N2O3/c15-12(10-6-2-1-3-7-10)13(17)16-9-5-4-8-11(16)14(18)19/h1-3,6-7,11-12H,4-5,8-9,15H2,(H,18,19)/t11?,12-/m0/s1. The highest BCUT2D eigenvalue weighted by atomic mass is 16.4. The second-order valence-corrected chi connectivity index (χ2v) is 4.77. The van der Waals surface area contributed by atoms with E-state index in [-0.39, 0.29) is 5.91 Å². The summed E-state index contributed by atoms with van der Waals surface area (Å²) in [5.74, 6) is -1.26. The zero-order valence-corrected chi connectivity index (χ0v) is 10.7. The Bertz CT molecular complexity index is 461. The summed E-state index contributed by atoms with van der Waals surface area (Å²) >= 11 is 0. The van der Waals surface area contributed by atoms with E-state index in [2.05, 4.69) is 0 Å². The summed E-state index contributed by atoms with van der Waals surface area (Å²) in [7, 11) is 0. The molecule has 0 bridgehead atoms. The fourth-order valence-electron chi connectivity index (χ4n) is 2.43. The second kappa shape index (κ2) is 5.84. The lowest BCUT2D eigenvalue weighted by Crippen LogP contribution is -2.50. The maximum atomic E-state index is 12.4. The molecule has 2 atom stereocenters. The zero-order chi connectivity index (χ0) is 13.8. The molecule has 1 aliphatic heterocycles. The summed E-state index contributed by atoms with van der Waals surface area (Å²) in [6, 6.07) is 7.50. The molecule has 1 aromatic carbocycles. The normalized spacial score (nSPS) is 20.9. The van der Waals surface area contributed by atoms with Crippen molar-refractivity contribution in [1.29, 1.82) is 0 Å². The van der Waals surface area contributed by atoms with Crippen molar-refractivity contribution in [2.45, 2.75) is 31.3 Å². The van der Waals surface area contributed by atoms with Crippen LogP contribution >= 0.6 is 0 Å². The topological polar surface area (TPSA) is 83.6 Å². The van der Waals surface area contributed by atoms with Gasteiger partial charge in [0.2, 0.25) is 5.91 Å². The minimum absolute atomic E-state index is 0.307. The molecule has 19 heavy (non-hydrogen) atoms. The molecule has 5 nitrogen and oxygen atoms in total. The van der Waals surface area contributed by atoms with Crippen LogP contribution in [-0.2, 0) is 9.59 Å². The summed E-state index contributed by atoms with van der Waals surface area (Å²) in [5.41, 5.74) is 6.66. The third-order valence-corrected chi connectivity index (χ3v) is 3.50. The average Bonchev–Trinajstić information content (AvgIpc) is 2.46. The second-order valence-electron chi connectivity index (χ2n) is 4.77. The highest BCUT2D eigenvalue weighted by Crippen LogP contribution is 2.21. The summed E-state index contributed by atoms with van der Waals surface area (Å²) in [6.07, 6.45) is 2.17. The number of benzene rings is 1. The number of hydrogen-bond acceptors (Lipinski definition) is 3. The molecule has 1 aromatic rings. The quantitative estimate of drug-likeness (QED) is 0.856. The number of nitrogens with zero attached hydrogens (tertiary/aromatic N) is 1. The van der Waals surface area contributed by atoms with Crippen LogP contribution < -0.4 is 5.73 Å². The van der Waals surface area contributed by atoms with Gasteiger partial charge in [0, 0.05) is 6.54 Å². The first-order valence-electron chi connectivity index (χ1n) is 6.45. The Balaban J connectivity index is 2.15. The molecule has 5 heteroatoms. The number of nitrogens with two attached hydrogens (primary N) is 1. The molecule has 0 saturated carbocycles. The molecule has 102 valence electrons. The molecule has 0 aliphatic carbocycles. The third-order valence-electron chi connectivity index (χ3n) is 3.50. The van der Waals surface area contributed by atoms with Crippen molar-refractivity contribution in [2.24, 2.45) is 5.73 Å².